The summed E-state index contributed by atoms with van der Waals surface area (Å²) in [6.45, 7) is 11.7. The minimum absolute atomic E-state index is 0.145. The van der Waals surface area contributed by atoms with Crippen molar-refractivity contribution in [2.45, 2.75) is 64.2 Å². The third kappa shape index (κ3) is 12.3. The Balaban J connectivity index is 0.00000316. The highest BCUT2D eigenvalue weighted by Crippen LogP contribution is 2.22. The van der Waals surface area contributed by atoms with Gasteiger partial charge in [-0.3, -0.25) is 9.52 Å². The fourth-order valence-electron chi connectivity index (χ4n) is 3.64. The normalized spacial score (nSPS) is 10.9. The van der Waals surface area contributed by atoms with Crippen LogP contribution in [0.4, 0.5) is 5.69 Å². The Hall–Kier alpha value is -2.06. The van der Waals surface area contributed by atoms with E-state index in [1.165, 1.54) is 32.1 Å². The first-order chi connectivity index (χ1) is 17.5. The minimum Gasteiger partial charge on any atom is -0.493 e. The molecule has 0 radical (unpaired) electrons. The Bertz CT molecular complexity index is 842. The largest absolute Gasteiger partial charge is 0.493 e. The Morgan fingerprint density at radius 3 is 2.22 bits per heavy atom. The van der Waals surface area contributed by atoms with Crippen LogP contribution in [-0.2, 0) is 0 Å². The summed E-state index contributed by atoms with van der Waals surface area (Å²) < 4.78 is 10.5. The van der Waals surface area contributed by atoms with Crippen molar-refractivity contribution in [1.82, 2.24) is 4.72 Å². The molecule has 0 atom stereocenters. The van der Waals surface area contributed by atoms with Gasteiger partial charge in [-0.2, -0.15) is 0 Å². The van der Waals surface area contributed by atoms with E-state index < -0.39 is 0 Å². The van der Waals surface area contributed by atoms with Gasteiger partial charge in [0.05, 0.1) is 45.4 Å². The van der Waals surface area contributed by atoms with Crippen LogP contribution in [0.5, 0.6) is 5.75 Å². The molecule has 3 N–H and O–H groups in total. The highest BCUT2D eigenvalue weighted by molar-refractivity contribution is 7.97. The number of likely N-dealkylation sites (N-methyl/N-ethyl adjacent to an activating group) is 1. The number of quaternary nitrogens is 1. The number of aliphatic hydroxyl groups excluding tert-OH is 1. The van der Waals surface area contributed by atoms with Crippen LogP contribution in [-0.4, -0.2) is 62.4 Å². The third-order valence-corrected chi connectivity index (χ3v) is 7.33. The smallest absolute Gasteiger partial charge is 0.259 e. The van der Waals surface area contributed by atoms with Crippen LogP contribution >= 0.6 is 11.9 Å². The molecule has 36 heavy (non-hydrogen) atoms. The summed E-state index contributed by atoms with van der Waals surface area (Å²) in [5, 5.41) is 10.0. The molecule has 0 unspecified atom stereocenters. The number of hydrogen-bond donors (Lipinski definition) is 3. The average molecular weight is 519 g/mol. The lowest BCUT2D eigenvalue weighted by Gasteiger charge is -2.32. The van der Waals surface area contributed by atoms with E-state index in [1.54, 1.807) is 11.9 Å². The van der Waals surface area contributed by atoms with Gasteiger partial charge in [-0.1, -0.05) is 51.2 Å². The second kappa shape index (κ2) is 19.1. The van der Waals surface area contributed by atoms with Crippen molar-refractivity contribution in [2.24, 2.45) is 0 Å². The molecule has 7 heteroatoms. The Morgan fingerprint density at radius 2 is 1.56 bits per heavy atom. The molecule has 0 aliphatic heterocycles. The van der Waals surface area contributed by atoms with Crippen LogP contribution in [0.3, 0.4) is 0 Å². The molecule has 2 rings (SSSR count). The molecule has 0 aromatic heterocycles. The summed E-state index contributed by atoms with van der Waals surface area (Å²) in [5.41, 5.74) is 1.35. The van der Waals surface area contributed by atoms with Gasteiger partial charge in [0.2, 0.25) is 0 Å². The van der Waals surface area contributed by atoms with Crippen LogP contribution in [0.1, 0.15) is 69.7 Å². The molecule has 0 spiro atoms. The summed E-state index contributed by atoms with van der Waals surface area (Å²) in [4.78, 5) is 14.0. The zero-order valence-electron chi connectivity index (χ0n) is 23.0. The number of nitrogens with zero attached hydrogens (tertiary/aromatic N) is 1. The Morgan fingerprint density at radius 1 is 0.917 bits per heavy atom. The molecule has 202 valence electrons. The van der Waals surface area contributed by atoms with Crippen molar-refractivity contribution in [3.05, 3.63) is 54.1 Å². The summed E-state index contributed by atoms with van der Waals surface area (Å²) in [7, 11) is 3.29. The lowest BCUT2D eigenvalue weighted by molar-refractivity contribution is -0.904. The molecule has 2 aromatic carbocycles. The van der Waals surface area contributed by atoms with E-state index in [2.05, 4.69) is 37.9 Å². The molecule has 1 amide bonds. The van der Waals surface area contributed by atoms with Crippen LogP contribution < -0.4 is 14.8 Å². The fraction of sp³-hybridized carbons (Fsp3) is 0.552. The summed E-state index contributed by atoms with van der Waals surface area (Å²) >= 11 is 1.63. The van der Waals surface area contributed by atoms with E-state index >= 15 is 0 Å². The predicted octanol–water partition coefficient (Wildman–Crippen LogP) is 6.37. The van der Waals surface area contributed by atoms with Crippen LogP contribution in [0.15, 0.2) is 53.4 Å². The van der Waals surface area contributed by atoms with Crippen LogP contribution in [0.25, 0.3) is 0 Å². The van der Waals surface area contributed by atoms with E-state index in [-0.39, 0.29) is 5.91 Å². The number of carbonyl (C=O) groups is 1. The van der Waals surface area contributed by atoms with Gasteiger partial charge in [-0.25, -0.2) is 0 Å². The minimum atomic E-state index is -0.145. The first-order valence-corrected chi connectivity index (χ1v) is 14.1. The number of hydrogen-bond acceptors (Lipinski definition) is 5. The van der Waals surface area contributed by atoms with E-state index in [9.17, 15) is 4.79 Å². The maximum atomic E-state index is 12.9. The van der Waals surface area contributed by atoms with E-state index in [4.69, 9.17) is 9.84 Å². The maximum Gasteiger partial charge on any atom is 0.259 e. The Labute approximate surface area is 223 Å². The first kappa shape index (κ1) is 32.0. The van der Waals surface area contributed by atoms with Gasteiger partial charge in [-0.05, 0) is 68.6 Å². The van der Waals surface area contributed by atoms with Gasteiger partial charge >= 0.3 is 0 Å². The average Bonchev–Trinajstić information content (AvgIpc) is 2.92. The topological polar surface area (TPSA) is 70.6 Å². The van der Waals surface area contributed by atoms with Crippen LogP contribution in [0, 0.1) is 0 Å². The predicted molar refractivity (Wildman–Crippen MR) is 154 cm³/mol. The van der Waals surface area contributed by atoms with Crippen LogP contribution in [0.2, 0.25) is 0 Å². The summed E-state index contributed by atoms with van der Waals surface area (Å²) in [6.07, 6.45) is 7.29. The van der Waals surface area contributed by atoms with E-state index in [1.807, 2.05) is 48.5 Å². The van der Waals surface area contributed by atoms with Gasteiger partial charge in [-0.15, -0.1) is 0 Å². The highest BCUT2D eigenvalue weighted by atomic mass is 32.2. The SMILES string of the molecule is CCCCCCCCOc1ccccc1C(=O)Nc1ccc(SNCC[N+](C)(CC)CC)cc1.CO. The molecule has 0 bridgehead atoms. The zero-order chi connectivity index (χ0) is 26.7. The monoisotopic (exact) mass is 518 g/mol. The molecule has 0 saturated heterocycles. The summed E-state index contributed by atoms with van der Waals surface area (Å²) in [5.74, 6) is 0.503. The molecule has 0 fully saturated rings. The van der Waals surface area contributed by atoms with E-state index in [0.717, 1.165) is 54.8 Å². The lowest BCUT2D eigenvalue weighted by Crippen LogP contribution is -2.46. The van der Waals surface area contributed by atoms with Crippen molar-refractivity contribution in [3.63, 3.8) is 0 Å². The van der Waals surface area contributed by atoms with Crippen molar-refractivity contribution >= 4 is 23.5 Å². The van der Waals surface area contributed by atoms with Crippen molar-refractivity contribution in [1.29, 1.82) is 0 Å². The molecular weight excluding hydrogens is 470 g/mol. The van der Waals surface area contributed by atoms with Gasteiger partial charge < -0.3 is 19.6 Å². The summed E-state index contributed by atoms with van der Waals surface area (Å²) in [6, 6.07) is 15.4. The number of carbonyl (C=O) groups excluding carboxylic acids is 1. The third-order valence-electron chi connectivity index (χ3n) is 6.47. The van der Waals surface area contributed by atoms with Gasteiger partial charge in [0, 0.05) is 17.7 Å². The molecule has 2 aromatic rings. The van der Waals surface area contributed by atoms with Gasteiger partial charge in [0.1, 0.15) is 5.75 Å². The number of ether oxygens (including phenoxy) is 1. The molecule has 0 heterocycles. The van der Waals surface area contributed by atoms with Gasteiger partial charge in [0.15, 0.2) is 0 Å². The zero-order valence-corrected chi connectivity index (χ0v) is 23.8. The number of nitrogens with one attached hydrogen (secondary N) is 2. The molecular formula is C29H48N3O3S+. The fourth-order valence-corrected chi connectivity index (χ4v) is 4.27. The van der Waals surface area contributed by atoms with Crippen molar-refractivity contribution in [2.75, 3.05) is 52.3 Å². The van der Waals surface area contributed by atoms with E-state index in [0.29, 0.717) is 17.9 Å². The first-order valence-electron chi connectivity index (χ1n) is 13.3. The molecule has 6 nitrogen and oxygen atoms in total. The molecule has 0 aliphatic rings. The Kier molecular flexibility index (Phi) is 17.0. The van der Waals surface area contributed by atoms with Crippen molar-refractivity contribution in [3.8, 4) is 5.75 Å². The molecule has 0 aliphatic carbocycles. The second-order valence-electron chi connectivity index (χ2n) is 9.06. The number of unbranched alkanes of at least 4 members (excludes halogenated alkanes) is 5. The number of benzene rings is 2. The maximum absolute atomic E-state index is 12.9. The standard InChI is InChI=1S/C28H43N3O2S.CH4O/c1-5-8-9-10-11-14-23-33-27-16-13-12-15-26(27)28(32)30-24-17-19-25(20-18-24)34-29-21-22-31(4,6-2)7-3;1-2/h12-13,15-20,29H,5-11,14,21-23H2,1-4H3;2H,1H3/p+1. The number of rotatable bonds is 17. The van der Waals surface area contributed by atoms with Crippen molar-refractivity contribution < 1.29 is 19.1 Å². The second-order valence-corrected chi connectivity index (χ2v) is 10.0. The highest BCUT2D eigenvalue weighted by Gasteiger charge is 2.15. The number of para-hydroxylation sites is 1. The number of aliphatic hydroxyl groups is 1. The number of anilines is 1. The van der Waals surface area contributed by atoms with Gasteiger partial charge in [0.25, 0.3) is 5.91 Å². The quantitative estimate of drug-likeness (QED) is 0.129. The molecule has 0 saturated carbocycles. The lowest BCUT2D eigenvalue weighted by atomic mass is 10.1. The number of amides is 1.